The first-order valence-electron chi connectivity index (χ1n) is 8.11. The Morgan fingerprint density at radius 1 is 1.14 bits per heavy atom. The van der Waals surface area contributed by atoms with Crippen LogP contribution in [0.15, 0.2) is 59.2 Å². The molecule has 0 radical (unpaired) electrons. The van der Waals surface area contributed by atoms with Crippen molar-refractivity contribution >= 4 is 17.2 Å². The van der Waals surface area contributed by atoms with E-state index >= 15 is 0 Å². The van der Waals surface area contributed by atoms with Crippen molar-refractivity contribution in [2.75, 3.05) is 11.1 Å². The van der Waals surface area contributed by atoms with Crippen LogP contribution in [0.25, 0.3) is 0 Å². The van der Waals surface area contributed by atoms with Crippen LogP contribution in [-0.4, -0.2) is 5.78 Å². The largest absolute Gasteiger partial charge is 0.467 e. The number of hydrogen-bond donors (Lipinski definition) is 2. The number of carbonyl (C=O) groups is 1. The molecule has 5 nitrogen and oxygen atoms in total. The molecular weight excluding hydrogens is 371 g/mol. The number of rotatable bonds is 5. The van der Waals surface area contributed by atoms with E-state index in [4.69, 9.17) is 15.4 Å². The number of nitrogen functional groups attached to an aromatic ring is 1. The molecule has 0 spiro atoms. The summed E-state index contributed by atoms with van der Waals surface area (Å²) in [4.78, 5) is 12.6. The molecule has 1 aromatic heterocycles. The minimum atomic E-state index is -4.74. The number of nitrogens with two attached hydrogens (primary N) is 1. The zero-order valence-electron chi connectivity index (χ0n) is 14.4. The van der Waals surface area contributed by atoms with Gasteiger partial charge in [-0.05, 0) is 48.5 Å². The van der Waals surface area contributed by atoms with Crippen LogP contribution in [0.1, 0.15) is 32.8 Å². The summed E-state index contributed by atoms with van der Waals surface area (Å²) in [5.41, 5.74) is 5.05. The summed E-state index contributed by atoms with van der Waals surface area (Å²) in [7, 11) is 0. The van der Waals surface area contributed by atoms with Gasteiger partial charge >= 0.3 is 6.18 Å². The van der Waals surface area contributed by atoms with Gasteiger partial charge in [0.25, 0.3) is 0 Å². The van der Waals surface area contributed by atoms with Crippen molar-refractivity contribution in [3.05, 3.63) is 82.8 Å². The fraction of sp³-hybridized carbons (Fsp3) is 0.100. The Kier molecular flexibility index (Phi) is 5.09. The second kappa shape index (κ2) is 7.48. The Morgan fingerprint density at radius 3 is 2.46 bits per heavy atom. The number of ketones is 1. The number of nitrogens with one attached hydrogen (secondary N) is 1. The molecule has 0 aliphatic heterocycles. The predicted molar refractivity (Wildman–Crippen MR) is 96.5 cm³/mol. The molecule has 28 heavy (non-hydrogen) atoms. The number of nitrogens with zero attached hydrogens (tertiary/aromatic N) is 1. The number of carbonyl (C=O) groups excluding carboxylic acids is 1. The third-order valence-electron chi connectivity index (χ3n) is 4.05. The van der Waals surface area contributed by atoms with Gasteiger partial charge in [0.1, 0.15) is 5.76 Å². The second-order valence-electron chi connectivity index (χ2n) is 5.93. The van der Waals surface area contributed by atoms with Crippen LogP contribution in [0, 0.1) is 11.3 Å². The molecule has 0 unspecified atom stereocenters. The van der Waals surface area contributed by atoms with Gasteiger partial charge in [-0.25, -0.2) is 0 Å². The summed E-state index contributed by atoms with van der Waals surface area (Å²) >= 11 is 0. The van der Waals surface area contributed by atoms with E-state index in [9.17, 15) is 18.0 Å². The molecular formula is C20H14F3N3O2. The van der Waals surface area contributed by atoms with Crippen molar-refractivity contribution in [1.82, 2.24) is 0 Å². The summed E-state index contributed by atoms with van der Waals surface area (Å²) in [5.74, 6) is 0.0658. The topological polar surface area (TPSA) is 92.0 Å². The van der Waals surface area contributed by atoms with Crippen molar-refractivity contribution < 1.29 is 22.4 Å². The third-order valence-corrected chi connectivity index (χ3v) is 4.05. The van der Waals surface area contributed by atoms with E-state index in [0.717, 1.165) is 6.07 Å². The summed E-state index contributed by atoms with van der Waals surface area (Å²) in [5, 5.41) is 11.9. The second-order valence-corrected chi connectivity index (χ2v) is 5.93. The number of nitriles is 1. The van der Waals surface area contributed by atoms with E-state index in [1.165, 1.54) is 30.5 Å². The van der Waals surface area contributed by atoms with Gasteiger partial charge in [0.05, 0.1) is 41.4 Å². The van der Waals surface area contributed by atoms with E-state index in [0.29, 0.717) is 24.1 Å². The highest BCUT2D eigenvalue weighted by Gasteiger charge is 2.34. The molecule has 3 rings (SSSR count). The first-order valence-corrected chi connectivity index (χ1v) is 8.11. The summed E-state index contributed by atoms with van der Waals surface area (Å²) < 4.78 is 44.5. The molecule has 142 valence electrons. The van der Waals surface area contributed by atoms with Gasteiger partial charge in [0.15, 0.2) is 5.78 Å². The van der Waals surface area contributed by atoms with Gasteiger partial charge in [-0.1, -0.05) is 0 Å². The van der Waals surface area contributed by atoms with E-state index in [1.54, 1.807) is 18.2 Å². The summed E-state index contributed by atoms with van der Waals surface area (Å²) in [6, 6.07) is 12.3. The average molecular weight is 385 g/mol. The van der Waals surface area contributed by atoms with Gasteiger partial charge < -0.3 is 15.5 Å². The molecule has 3 N–H and O–H groups in total. The van der Waals surface area contributed by atoms with Crippen molar-refractivity contribution in [2.24, 2.45) is 0 Å². The van der Waals surface area contributed by atoms with Crippen LogP contribution >= 0.6 is 0 Å². The highest BCUT2D eigenvalue weighted by molar-refractivity contribution is 6.10. The van der Waals surface area contributed by atoms with Crippen molar-refractivity contribution in [3.63, 3.8) is 0 Å². The molecule has 8 heteroatoms. The summed E-state index contributed by atoms with van der Waals surface area (Å²) in [6.45, 7) is 0.384. The normalized spacial score (nSPS) is 11.1. The smallest absolute Gasteiger partial charge is 0.417 e. The van der Waals surface area contributed by atoms with Crippen molar-refractivity contribution in [1.29, 1.82) is 5.26 Å². The fourth-order valence-electron chi connectivity index (χ4n) is 2.64. The van der Waals surface area contributed by atoms with Crippen molar-refractivity contribution in [3.8, 4) is 6.07 Å². The minimum absolute atomic E-state index is 0.138. The lowest BCUT2D eigenvalue weighted by molar-refractivity contribution is -0.137. The first-order chi connectivity index (χ1) is 13.3. The number of benzene rings is 2. The molecule has 0 saturated carbocycles. The maximum atomic E-state index is 13.1. The Labute approximate surface area is 158 Å². The lowest BCUT2D eigenvalue weighted by Crippen LogP contribution is -2.11. The zero-order valence-corrected chi connectivity index (χ0v) is 14.4. The van der Waals surface area contributed by atoms with Crippen molar-refractivity contribution in [2.45, 2.75) is 12.7 Å². The van der Waals surface area contributed by atoms with Crippen LogP contribution in [0.5, 0.6) is 0 Å². The maximum absolute atomic E-state index is 13.1. The third kappa shape index (κ3) is 3.99. The Bertz CT molecular complexity index is 1050. The van der Waals surface area contributed by atoms with E-state index < -0.39 is 23.1 Å². The van der Waals surface area contributed by atoms with E-state index in [-0.39, 0.29) is 16.8 Å². The van der Waals surface area contributed by atoms with Gasteiger partial charge in [0.2, 0.25) is 0 Å². The van der Waals surface area contributed by atoms with E-state index in [2.05, 4.69) is 5.32 Å². The van der Waals surface area contributed by atoms with Gasteiger partial charge in [-0.2, -0.15) is 18.4 Å². The van der Waals surface area contributed by atoms with Crippen LogP contribution < -0.4 is 11.1 Å². The molecule has 0 amide bonds. The number of furan rings is 1. The molecule has 1 heterocycles. The molecule has 0 saturated heterocycles. The number of hydrogen-bond acceptors (Lipinski definition) is 5. The fourth-order valence-corrected chi connectivity index (χ4v) is 2.64. The van der Waals surface area contributed by atoms with Crippen LogP contribution in [0.4, 0.5) is 24.5 Å². The molecule has 2 aromatic carbocycles. The first kappa shape index (κ1) is 19.0. The molecule has 3 aromatic rings. The van der Waals surface area contributed by atoms with Crippen LogP contribution in [0.2, 0.25) is 0 Å². The minimum Gasteiger partial charge on any atom is -0.467 e. The Hall–Kier alpha value is -3.73. The number of anilines is 2. The maximum Gasteiger partial charge on any atom is 0.417 e. The monoisotopic (exact) mass is 385 g/mol. The SMILES string of the molecule is N#Cc1ccc(C(=O)c2ccc(NCc3ccco3)c(N)c2)cc1C(F)(F)F. The van der Waals surface area contributed by atoms with E-state index in [1.807, 2.05) is 0 Å². The summed E-state index contributed by atoms with van der Waals surface area (Å²) in [6.07, 6.45) is -3.20. The predicted octanol–water partition coefficient (Wildman–Crippen LogP) is 4.60. The highest BCUT2D eigenvalue weighted by atomic mass is 19.4. The zero-order chi connectivity index (χ0) is 20.3. The Balaban J connectivity index is 1.85. The van der Waals surface area contributed by atoms with Crippen LogP contribution in [0.3, 0.4) is 0 Å². The van der Waals surface area contributed by atoms with Crippen LogP contribution in [-0.2, 0) is 12.7 Å². The average Bonchev–Trinajstić information content (AvgIpc) is 3.18. The molecule has 0 fully saturated rings. The molecule has 0 bridgehead atoms. The molecule has 0 aliphatic rings. The number of alkyl halides is 3. The lowest BCUT2D eigenvalue weighted by Gasteiger charge is -2.12. The standard InChI is InChI=1S/C20H14F3N3O2/c21-20(22,23)16-8-12(3-4-14(16)10-24)19(27)13-5-6-18(17(25)9-13)26-11-15-2-1-7-28-15/h1-9,26H,11,25H2. The lowest BCUT2D eigenvalue weighted by atomic mass is 9.97. The van der Waals surface area contributed by atoms with Gasteiger partial charge in [-0.3, -0.25) is 4.79 Å². The quantitative estimate of drug-likeness (QED) is 0.495. The van der Waals surface area contributed by atoms with Gasteiger partial charge in [0, 0.05) is 11.1 Å². The van der Waals surface area contributed by atoms with Gasteiger partial charge in [-0.15, -0.1) is 0 Å². The highest BCUT2D eigenvalue weighted by Crippen LogP contribution is 2.33. The molecule has 0 atom stereocenters. The Morgan fingerprint density at radius 2 is 1.86 bits per heavy atom. The number of halogens is 3. The molecule has 0 aliphatic carbocycles.